The van der Waals surface area contributed by atoms with E-state index in [1.807, 2.05) is 0 Å². The summed E-state index contributed by atoms with van der Waals surface area (Å²) >= 11 is 0. The molecule has 0 bridgehead atoms. The van der Waals surface area contributed by atoms with Crippen LogP contribution >= 0.6 is 0 Å². The van der Waals surface area contributed by atoms with Crippen LogP contribution in [0.5, 0.6) is 5.75 Å². The van der Waals surface area contributed by atoms with Gasteiger partial charge < -0.3 is 14.4 Å². The first-order valence-corrected chi connectivity index (χ1v) is 10.7. The minimum Gasteiger partial charge on any atom is -0.491 e. The molecule has 2 saturated heterocycles. The van der Waals surface area contributed by atoms with Crippen molar-refractivity contribution in [2.75, 3.05) is 26.2 Å². The highest BCUT2D eigenvalue weighted by atomic mass is 16.5. The number of rotatable bonds is 7. The van der Waals surface area contributed by atoms with Crippen LogP contribution in [0.4, 0.5) is 0 Å². The summed E-state index contributed by atoms with van der Waals surface area (Å²) in [7, 11) is 0. The van der Waals surface area contributed by atoms with Gasteiger partial charge in [0.05, 0.1) is 31.3 Å². The van der Waals surface area contributed by atoms with Gasteiger partial charge >= 0.3 is 0 Å². The Morgan fingerprint density at radius 2 is 1.89 bits per heavy atom. The fourth-order valence-electron chi connectivity index (χ4n) is 4.74. The Kier molecular flexibility index (Phi) is 6.59. The van der Waals surface area contributed by atoms with Gasteiger partial charge in [-0.1, -0.05) is 0 Å². The third kappa shape index (κ3) is 6.05. The van der Waals surface area contributed by atoms with Crippen molar-refractivity contribution in [2.24, 2.45) is 5.41 Å². The van der Waals surface area contributed by atoms with Gasteiger partial charge in [-0.2, -0.15) is 0 Å². The van der Waals surface area contributed by atoms with Crippen molar-refractivity contribution in [3.8, 4) is 5.75 Å². The Labute approximate surface area is 165 Å². The second-order valence-electron chi connectivity index (χ2n) is 9.37. The number of ether oxygens (including phenoxy) is 2. The number of quaternary nitrogens is 1. The van der Waals surface area contributed by atoms with Crippen molar-refractivity contribution in [1.29, 1.82) is 0 Å². The van der Waals surface area contributed by atoms with Gasteiger partial charge in [0.2, 0.25) is 0 Å². The third-order valence-electron chi connectivity index (χ3n) is 5.79. The molecule has 3 rings (SSSR count). The van der Waals surface area contributed by atoms with Crippen molar-refractivity contribution in [3.05, 3.63) is 29.8 Å². The van der Waals surface area contributed by atoms with E-state index >= 15 is 0 Å². The molecule has 2 fully saturated rings. The van der Waals surface area contributed by atoms with Crippen molar-refractivity contribution >= 4 is 6.21 Å². The number of benzene rings is 1. The summed E-state index contributed by atoms with van der Waals surface area (Å²) < 4.78 is 11.8. The highest BCUT2D eigenvalue weighted by Crippen LogP contribution is 2.36. The molecule has 1 atom stereocenters. The number of nitrogens with one attached hydrogen (secondary N) is 2. The summed E-state index contributed by atoms with van der Waals surface area (Å²) in [5.41, 5.74) is 1.48. The number of hydrogen-bond donors (Lipinski definition) is 2. The standard InChI is InChI=1S/C23H36N2O2/c1-19(2)27-21-9-7-20(8-10-21)15-24-17-23(18-25-12-5-6-13-25)11-14-26-22(3,4)16-23/h7-10,17,19H,5-6,11-16,18H2,1-4H3/p+2/t23-/m1/s1. The summed E-state index contributed by atoms with van der Waals surface area (Å²) in [6.45, 7) is 14.2. The molecule has 0 amide bonds. The van der Waals surface area contributed by atoms with Gasteiger partial charge in [0.1, 0.15) is 17.4 Å². The van der Waals surface area contributed by atoms with E-state index in [2.05, 4.69) is 63.2 Å². The summed E-state index contributed by atoms with van der Waals surface area (Å²) in [6, 6.07) is 8.45. The van der Waals surface area contributed by atoms with E-state index in [4.69, 9.17) is 9.47 Å². The molecule has 0 saturated carbocycles. The molecule has 27 heavy (non-hydrogen) atoms. The molecule has 1 aromatic carbocycles. The molecule has 2 heterocycles. The quantitative estimate of drug-likeness (QED) is 0.708. The van der Waals surface area contributed by atoms with Gasteiger partial charge in [-0.05, 0) is 64.8 Å². The summed E-state index contributed by atoms with van der Waals surface area (Å²) in [6.07, 6.45) is 7.59. The largest absolute Gasteiger partial charge is 0.491 e. The summed E-state index contributed by atoms with van der Waals surface area (Å²) in [5, 5.41) is 0. The van der Waals surface area contributed by atoms with Crippen LogP contribution in [-0.4, -0.2) is 44.2 Å². The highest BCUT2D eigenvalue weighted by Gasteiger charge is 2.45. The van der Waals surface area contributed by atoms with Gasteiger partial charge in [-0.15, -0.1) is 0 Å². The van der Waals surface area contributed by atoms with Crippen LogP contribution in [0.3, 0.4) is 0 Å². The zero-order chi connectivity index (χ0) is 19.3. The molecule has 2 aliphatic rings. The molecule has 0 aliphatic carbocycles. The summed E-state index contributed by atoms with van der Waals surface area (Å²) in [5.74, 6) is 0.943. The summed E-state index contributed by atoms with van der Waals surface area (Å²) in [4.78, 5) is 5.41. The third-order valence-corrected chi connectivity index (χ3v) is 5.79. The first-order chi connectivity index (χ1) is 12.9. The van der Waals surface area contributed by atoms with Crippen LogP contribution < -0.4 is 14.6 Å². The molecule has 1 aromatic rings. The topological polar surface area (TPSA) is 36.9 Å². The lowest BCUT2D eigenvalue weighted by Gasteiger charge is -2.41. The first-order valence-electron chi connectivity index (χ1n) is 10.7. The molecule has 0 spiro atoms. The van der Waals surface area contributed by atoms with Gasteiger partial charge in [0.15, 0.2) is 6.54 Å². The lowest BCUT2D eigenvalue weighted by Crippen LogP contribution is -3.11. The predicted octanol–water partition coefficient (Wildman–Crippen LogP) is 1.38. The minimum absolute atomic E-state index is 0.0363. The Balaban J connectivity index is 1.66. The van der Waals surface area contributed by atoms with Gasteiger partial charge in [-0.25, -0.2) is 4.99 Å². The molecule has 4 heteroatoms. The molecule has 0 radical (unpaired) electrons. The zero-order valence-electron chi connectivity index (χ0n) is 17.6. The second-order valence-corrected chi connectivity index (χ2v) is 9.37. The van der Waals surface area contributed by atoms with E-state index in [-0.39, 0.29) is 17.1 Å². The minimum atomic E-state index is -0.0363. The molecule has 0 aromatic heterocycles. The normalized spacial score (nSPS) is 26.1. The van der Waals surface area contributed by atoms with E-state index < -0.39 is 0 Å². The van der Waals surface area contributed by atoms with Gasteiger partial charge in [0, 0.05) is 25.0 Å². The molecule has 150 valence electrons. The van der Waals surface area contributed by atoms with Crippen LogP contribution in [0.2, 0.25) is 0 Å². The monoisotopic (exact) mass is 374 g/mol. The van der Waals surface area contributed by atoms with Crippen LogP contribution in [0, 0.1) is 5.41 Å². The molecular formula is C23H38N2O2+2. The fraction of sp³-hybridized carbons (Fsp3) is 0.696. The second kappa shape index (κ2) is 8.74. The lowest BCUT2D eigenvalue weighted by molar-refractivity contribution is -0.893. The maximum Gasteiger partial charge on any atom is 0.165 e. The van der Waals surface area contributed by atoms with Gasteiger partial charge in [-0.3, -0.25) is 0 Å². The maximum absolute atomic E-state index is 6.02. The smallest absolute Gasteiger partial charge is 0.165 e. The van der Waals surface area contributed by atoms with E-state index in [9.17, 15) is 0 Å². The average Bonchev–Trinajstić information content (AvgIpc) is 3.07. The average molecular weight is 375 g/mol. The molecular weight excluding hydrogens is 336 g/mol. The zero-order valence-corrected chi connectivity index (χ0v) is 17.6. The molecule has 0 unspecified atom stereocenters. The van der Waals surface area contributed by atoms with E-state index in [1.54, 1.807) is 4.90 Å². The lowest BCUT2D eigenvalue weighted by atomic mass is 9.74. The Morgan fingerprint density at radius 1 is 1.19 bits per heavy atom. The number of likely N-dealkylation sites (tertiary alicyclic amines) is 1. The predicted molar refractivity (Wildman–Crippen MR) is 109 cm³/mol. The maximum atomic E-state index is 6.02. The van der Waals surface area contributed by atoms with Crippen LogP contribution in [0.25, 0.3) is 0 Å². The highest BCUT2D eigenvalue weighted by molar-refractivity contribution is 5.60. The van der Waals surface area contributed by atoms with Crippen molar-refractivity contribution in [3.63, 3.8) is 0 Å². The Hall–Kier alpha value is -1.39. The fourth-order valence-corrected chi connectivity index (χ4v) is 4.74. The van der Waals surface area contributed by atoms with E-state index in [1.165, 1.54) is 38.0 Å². The SMILES string of the molecule is CC(C)Oc1ccc(C[NH+]=C[C@@]2(C[NH+]3CCCC3)CCOC(C)(C)C2)cc1. The van der Waals surface area contributed by atoms with Crippen LogP contribution in [0.15, 0.2) is 24.3 Å². The number of hydrogen-bond acceptors (Lipinski definition) is 2. The van der Waals surface area contributed by atoms with E-state index in [0.29, 0.717) is 0 Å². The Bertz CT molecular complexity index is 618. The molecule has 2 N–H and O–H groups in total. The van der Waals surface area contributed by atoms with Crippen molar-refractivity contribution in [1.82, 2.24) is 0 Å². The first kappa shape index (κ1) is 20.3. The van der Waals surface area contributed by atoms with E-state index in [0.717, 1.165) is 31.7 Å². The van der Waals surface area contributed by atoms with Gasteiger partial charge in [0.25, 0.3) is 0 Å². The van der Waals surface area contributed by atoms with Crippen LogP contribution in [0.1, 0.15) is 58.9 Å². The van der Waals surface area contributed by atoms with Crippen molar-refractivity contribution < 1.29 is 19.4 Å². The molecule has 2 aliphatic heterocycles. The van der Waals surface area contributed by atoms with Crippen LogP contribution in [-0.2, 0) is 11.3 Å². The molecule has 4 nitrogen and oxygen atoms in total. The Morgan fingerprint density at radius 3 is 2.52 bits per heavy atom. The van der Waals surface area contributed by atoms with Crippen molar-refractivity contribution in [2.45, 2.75) is 71.6 Å².